The van der Waals surface area contributed by atoms with Crippen molar-refractivity contribution in [3.05, 3.63) is 109 Å². The van der Waals surface area contributed by atoms with E-state index in [1.54, 1.807) is 0 Å². The van der Waals surface area contributed by atoms with E-state index in [2.05, 4.69) is 60.7 Å². The van der Waals surface area contributed by atoms with Gasteiger partial charge in [-0.15, -0.1) is 0 Å². The van der Waals surface area contributed by atoms with Crippen LogP contribution in [0, 0.1) is 0 Å². The van der Waals surface area contributed by atoms with Gasteiger partial charge in [0, 0.05) is 16.3 Å². The Kier molecular flexibility index (Phi) is 3.73. The molecule has 0 radical (unpaired) electrons. The summed E-state index contributed by atoms with van der Waals surface area (Å²) in [7, 11) is 0. The highest BCUT2D eigenvalue weighted by molar-refractivity contribution is 6.21. The molecule has 0 saturated heterocycles. The molecule has 1 aromatic heterocycles. The Morgan fingerprint density at radius 2 is 1.09 bits per heavy atom. The van der Waals surface area contributed by atoms with Crippen molar-refractivity contribution in [3.8, 4) is 11.1 Å². The van der Waals surface area contributed by atoms with Crippen molar-refractivity contribution >= 4 is 60.5 Å². The number of furan rings is 1. The number of carbonyl (C=O) groups is 1. The zero-order valence-electron chi connectivity index (χ0n) is 17.7. The van der Waals surface area contributed by atoms with Gasteiger partial charge in [0.05, 0.1) is 0 Å². The smallest absolute Gasteiger partial charge is 0.151 e. The monoisotopic (exact) mass is 422 g/mol. The lowest BCUT2D eigenvalue weighted by molar-refractivity contribution is 0.112. The quantitative estimate of drug-likeness (QED) is 0.206. The van der Waals surface area contributed by atoms with Gasteiger partial charge in [0.15, 0.2) is 6.29 Å². The Hall–Kier alpha value is -4.43. The van der Waals surface area contributed by atoms with Gasteiger partial charge in [-0.25, -0.2) is 0 Å². The minimum absolute atomic E-state index is 0.742. The van der Waals surface area contributed by atoms with Gasteiger partial charge in [-0.3, -0.25) is 4.79 Å². The van der Waals surface area contributed by atoms with Crippen LogP contribution in [0.2, 0.25) is 0 Å². The number of benzene rings is 6. The maximum atomic E-state index is 12.1. The van der Waals surface area contributed by atoms with Crippen LogP contribution in [0.25, 0.3) is 65.4 Å². The summed E-state index contributed by atoms with van der Waals surface area (Å²) >= 11 is 0. The van der Waals surface area contributed by atoms with E-state index in [9.17, 15) is 4.79 Å². The standard InChI is InChI=1S/C31H18O2/c32-18-28-22-9-3-5-11-24(22)31(25-12-6-4-10-23(25)28)21-13-14-29-26(16-21)27-15-19-7-1-2-8-20(19)17-30(27)33-29/h1-18H. The van der Waals surface area contributed by atoms with Crippen molar-refractivity contribution < 1.29 is 9.21 Å². The SMILES string of the molecule is O=Cc1c2ccccc2c(-c2ccc3oc4cc5ccccc5cc4c3c2)c2ccccc12. The zero-order chi connectivity index (χ0) is 21.9. The fourth-order valence-electron chi connectivity index (χ4n) is 5.22. The fourth-order valence-corrected chi connectivity index (χ4v) is 5.22. The first-order valence-electron chi connectivity index (χ1n) is 11.1. The van der Waals surface area contributed by atoms with Crippen molar-refractivity contribution in [1.29, 1.82) is 0 Å². The number of rotatable bonds is 2. The molecule has 0 aliphatic carbocycles. The normalized spacial score (nSPS) is 11.8. The molecular formula is C31H18O2. The maximum Gasteiger partial charge on any atom is 0.151 e. The summed E-state index contributed by atoms with van der Waals surface area (Å²) < 4.78 is 6.22. The molecule has 0 aliphatic rings. The van der Waals surface area contributed by atoms with Crippen LogP contribution < -0.4 is 0 Å². The average molecular weight is 422 g/mol. The first-order chi connectivity index (χ1) is 16.3. The van der Waals surface area contributed by atoms with Crippen LogP contribution in [0.3, 0.4) is 0 Å². The summed E-state index contributed by atoms with van der Waals surface area (Å²) in [5.41, 5.74) is 4.77. The molecule has 2 nitrogen and oxygen atoms in total. The van der Waals surface area contributed by atoms with Crippen LogP contribution >= 0.6 is 0 Å². The van der Waals surface area contributed by atoms with E-state index in [0.29, 0.717) is 0 Å². The van der Waals surface area contributed by atoms with Crippen molar-refractivity contribution in [3.63, 3.8) is 0 Å². The molecule has 0 amide bonds. The molecule has 0 bridgehead atoms. The fraction of sp³-hybridized carbons (Fsp3) is 0. The van der Waals surface area contributed by atoms with Crippen LogP contribution in [-0.2, 0) is 0 Å². The minimum atomic E-state index is 0.742. The Labute approximate surface area is 189 Å². The molecule has 6 aromatic carbocycles. The van der Waals surface area contributed by atoms with E-state index in [1.807, 2.05) is 42.5 Å². The van der Waals surface area contributed by atoms with Gasteiger partial charge in [-0.1, -0.05) is 78.9 Å². The highest BCUT2D eigenvalue weighted by Gasteiger charge is 2.16. The average Bonchev–Trinajstić information content (AvgIpc) is 3.22. The molecule has 0 N–H and O–H groups in total. The van der Waals surface area contributed by atoms with Crippen LogP contribution in [0.15, 0.2) is 108 Å². The highest BCUT2D eigenvalue weighted by Crippen LogP contribution is 2.41. The van der Waals surface area contributed by atoms with Crippen LogP contribution in [0.4, 0.5) is 0 Å². The maximum absolute atomic E-state index is 12.1. The van der Waals surface area contributed by atoms with Crippen molar-refractivity contribution in [1.82, 2.24) is 0 Å². The van der Waals surface area contributed by atoms with E-state index in [-0.39, 0.29) is 0 Å². The molecule has 7 aromatic rings. The summed E-state index contributed by atoms with van der Waals surface area (Å²) in [5.74, 6) is 0. The summed E-state index contributed by atoms with van der Waals surface area (Å²) in [5, 5.41) is 8.69. The van der Waals surface area contributed by atoms with E-state index in [1.165, 1.54) is 10.8 Å². The van der Waals surface area contributed by atoms with Gasteiger partial charge in [0.25, 0.3) is 0 Å². The largest absolute Gasteiger partial charge is 0.456 e. The first kappa shape index (κ1) is 18.2. The van der Waals surface area contributed by atoms with Gasteiger partial charge < -0.3 is 4.42 Å². The summed E-state index contributed by atoms with van der Waals surface area (Å²) in [6.45, 7) is 0. The van der Waals surface area contributed by atoms with Gasteiger partial charge >= 0.3 is 0 Å². The molecule has 0 aliphatic heterocycles. The third kappa shape index (κ3) is 2.58. The van der Waals surface area contributed by atoms with Crippen molar-refractivity contribution in [2.75, 3.05) is 0 Å². The molecule has 0 saturated carbocycles. The van der Waals surface area contributed by atoms with Gasteiger partial charge in [0.2, 0.25) is 0 Å². The van der Waals surface area contributed by atoms with Crippen LogP contribution in [0.1, 0.15) is 10.4 Å². The predicted octanol–water partition coefficient (Wildman–Crippen LogP) is 8.53. The molecule has 1 heterocycles. The molecule has 7 rings (SSSR count). The van der Waals surface area contributed by atoms with E-state index < -0.39 is 0 Å². The van der Waals surface area contributed by atoms with Crippen molar-refractivity contribution in [2.24, 2.45) is 0 Å². The predicted molar refractivity (Wildman–Crippen MR) is 137 cm³/mol. The Balaban J connectivity index is 1.61. The van der Waals surface area contributed by atoms with Crippen LogP contribution in [0.5, 0.6) is 0 Å². The van der Waals surface area contributed by atoms with Gasteiger partial charge in [-0.2, -0.15) is 0 Å². The summed E-state index contributed by atoms with van der Waals surface area (Å²) in [6.07, 6.45) is 0.979. The van der Waals surface area contributed by atoms with Gasteiger partial charge in [0.1, 0.15) is 11.2 Å². The second-order valence-electron chi connectivity index (χ2n) is 8.51. The molecule has 2 heteroatoms. The number of hydrogen-bond donors (Lipinski definition) is 0. The zero-order valence-corrected chi connectivity index (χ0v) is 17.7. The third-order valence-electron chi connectivity index (χ3n) is 6.72. The molecular weight excluding hydrogens is 404 g/mol. The van der Waals surface area contributed by atoms with E-state index in [4.69, 9.17) is 4.42 Å². The Bertz CT molecular complexity index is 1830. The molecule has 0 unspecified atom stereocenters. The molecule has 154 valence electrons. The lowest BCUT2D eigenvalue weighted by atomic mass is 9.88. The lowest BCUT2D eigenvalue weighted by Crippen LogP contribution is -1.92. The Morgan fingerprint density at radius 3 is 1.76 bits per heavy atom. The first-order valence-corrected chi connectivity index (χ1v) is 11.1. The van der Waals surface area contributed by atoms with Gasteiger partial charge in [-0.05, 0) is 67.7 Å². The number of carbonyl (C=O) groups excluding carboxylic acids is 1. The van der Waals surface area contributed by atoms with Crippen molar-refractivity contribution in [2.45, 2.75) is 0 Å². The lowest BCUT2D eigenvalue weighted by Gasteiger charge is -2.14. The number of aldehydes is 1. The van der Waals surface area contributed by atoms with E-state index in [0.717, 1.165) is 66.5 Å². The summed E-state index contributed by atoms with van der Waals surface area (Å²) in [4.78, 5) is 12.1. The molecule has 0 atom stereocenters. The highest BCUT2D eigenvalue weighted by atomic mass is 16.3. The topological polar surface area (TPSA) is 30.2 Å². The van der Waals surface area contributed by atoms with E-state index >= 15 is 0 Å². The second kappa shape index (κ2) is 6.78. The molecule has 33 heavy (non-hydrogen) atoms. The van der Waals surface area contributed by atoms with Crippen LogP contribution in [-0.4, -0.2) is 6.29 Å². The molecule has 0 spiro atoms. The second-order valence-corrected chi connectivity index (χ2v) is 8.51. The number of fused-ring (bicyclic) bond motifs is 6. The third-order valence-corrected chi connectivity index (χ3v) is 6.72. The Morgan fingerprint density at radius 1 is 0.515 bits per heavy atom. The summed E-state index contributed by atoms with van der Waals surface area (Å²) in [6, 6.07) is 35.4. The minimum Gasteiger partial charge on any atom is -0.456 e. The molecule has 0 fully saturated rings. The number of hydrogen-bond acceptors (Lipinski definition) is 2.